The van der Waals surface area contributed by atoms with Crippen molar-refractivity contribution < 1.29 is 4.39 Å². The second kappa shape index (κ2) is 5.13. The zero-order valence-corrected chi connectivity index (χ0v) is 10.9. The highest BCUT2D eigenvalue weighted by molar-refractivity contribution is 5.63. The van der Waals surface area contributed by atoms with Gasteiger partial charge in [-0.1, -0.05) is 17.7 Å². The Kier molecular flexibility index (Phi) is 3.16. The predicted octanol–water partition coefficient (Wildman–Crippen LogP) is 3.66. The maximum atomic E-state index is 12.8. The maximum absolute atomic E-state index is 12.8. The third-order valence-electron chi connectivity index (χ3n) is 2.91. The summed E-state index contributed by atoms with van der Waals surface area (Å²) < 4.78 is 12.8. The van der Waals surface area contributed by atoms with Crippen LogP contribution in [0, 0.1) is 12.7 Å². The summed E-state index contributed by atoms with van der Waals surface area (Å²) in [4.78, 5) is 4.01. The lowest BCUT2D eigenvalue weighted by Gasteiger charge is -2.02. The minimum absolute atomic E-state index is 0.355. The molecule has 4 nitrogen and oxygen atoms in total. The Morgan fingerprint density at radius 1 is 1.10 bits per heavy atom. The molecule has 0 saturated carbocycles. The number of aromatic nitrogens is 3. The van der Waals surface area contributed by atoms with Crippen LogP contribution >= 0.6 is 0 Å². The van der Waals surface area contributed by atoms with Crippen LogP contribution in [0.25, 0.3) is 11.4 Å². The number of anilines is 2. The molecule has 0 saturated heterocycles. The number of H-pyrrole nitrogens is 1. The second-order valence-corrected chi connectivity index (χ2v) is 4.52. The highest BCUT2D eigenvalue weighted by Gasteiger charge is 2.05. The van der Waals surface area contributed by atoms with Gasteiger partial charge in [-0.2, -0.15) is 5.10 Å². The number of pyridine rings is 1. The highest BCUT2D eigenvalue weighted by atomic mass is 19.1. The smallest absolute Gasteiger partial charge is 0.152 e. The summed E-state index contributed by atoms with van der Waals surface area (Å²) in [6.45, 7) is 2.04. The number of aryl methyl sites for hydroxylation is 1. The Morgan fingerprint density at radius 2 is 1.90 bits per heavy atom. The summed E-state index contributed by atoms with van der Waals surface area (Å²) in [6.07, 6.45) is 1.18. The number of halogens is 1. The summed E-state index contributed by atoms with van der Waals surface area (Å²) in [5, 5.41) is 10.2. The highest BCUT2D eigenvalue weighted by Crippen LogP contribution is 2.20. The molecule has 0 atom stereocenters. The molecule has 0 radical (unpaired) electrons. The van der Waals surface area contributed by atoms with Gasteiger partial charge in [0.05, 0.1) is 17.6 Å². The molecule has 0 aliphatic rings. The summed E-state index contributed by atoms with van der Waals surface area (Å²) in [5.41, 5.74) is 3.55. The van der Waals surface area contributed by atoms with Crippen LogP contribution in [0.15, 0.2) is 48.7 Å². The molecule has 0 unspecified atom stereocenters. The topological polar surface area (TPSA) is 53.6 Å². The van der Waals surface area contributed by atoms with Crippen LogP contribution in [0.4, 0.5) is 15.9 Å². The zero-order chi connectivity index (χ0) is 13.9. The molecule has 0 bridgehead atoms. The van der Waals surface area contributed by atoms with Crippen molar-refractivity contribution >= 4 is 11.5 Å². The van der Waals surface area contributed by atoms with Crippen LogP contribution in [-0.4, -0.2) is 15.2 Å². The van der Waals surface area contributed by atoms with Crippen LogP contribution in [0.3, 0.4) is 0 Å². The first-order chi connectivity index (χ1) is 9.70. The van der Waals surface area contributed by atoms with Gasteiger partial charge in [0.15, 0.2) is 5.82 Å². The number of hydrogen-bond acceptors (Lipinski definition) is 3. The number of aromatic amines is 1. The van der Waals surface area contributed by atoms with E-state index in [9.17, 15) is 4.39 Å². The van der Waals surface area contributed by atoms with E-state index in [0.29, 0.717) is 11.5 Å². The number of nitrogens with zero attached hydrogens (tertiary/aromatic N) is 2. The quantitative estimate of drug-likeness (QED) is 0.762. The molecule has 3 aromatic rings. The summed E-state index contributed by atoms with van der Waals surface area (Å²) in [5.74, 6) is 0.334. The predicted molar refractivity (Wildman–Crippen MR) is 76.2 cm³/mol. The van der Waals surface area contributed by atoms with E-state index in [4.69, 9.17) is 0 Å². The van der Waals surface area contributed by atoms with Crippen molar-refractivity contribution in [1.29, 1.82) is 0 Å². The van der Waals surface area contributed by atoms with Crippen LogP contribution in [0.2, 0.25) is 0 Å². The zero-order valence-electron chi connectivity index (χ0n) is 10.9. The van der Waals surface area contributed by atoms with Crippen molar-refractivity contribution in [1.82, 2.24) is 15.2 Å². The third-order valence-corrected chi connectivity index (χ3v) is 2.91. The van der Waals surface area contributed by atoms with Gasteiger partial charge < -0.3 is 5.32 Å². The average Bonchev–Trinajstić information content (AvgIpc) is 2.91. The molecule has 2 aromatic heterocycles. The molecule has 100 valence electrons. The maximum Gasteiger partial charge on any atom is 0.152 e. The molecule has 2 N–H and O–H groups in total. The fourth-order valence-corrected chi connectivity index (χ4v) is 1.84. The molecular weight excluding hydrogens is 255 g/mol. The number of nitrogens with one attached hydrogen (secondary N) is 2. The largest absolute Gasteiger partial charge is 0.339 e. The van der Waals surface area contributed by atoms with Crippen molar-refractivity contribution in [3.05, 3.63) is 60.0 Å². The van der Waals surface area contributed by atoms with E-state index in [0.717, 1.165) is 11.4 Å². The number of rotatable bonds is 3. The molecule has 5 heteroatoms. The lowest BCUT2D eigenvalue weighted by molar-refractivity contribution is 0.622. The van der Waals surface area contributed by atoms with Crippen LogP contribution in [-0.2, 0) is 0 Å². The lowest BCUT2D eigenvalue weighted by Crippen LogP contribution is -1.89. The SMILES string of the molecule is Cc1ccc(Nc2cc(-c3ccc(F)cn3)[nH]n2)cc1. The molecule has 0 amide bonds. The third kappa shape index (κ3) is 2.66. The standard InChI is InChI=1S/C15H13FN4/c1-10-2-5-12(6-3-10)18-15-8-14(19-20-15)13-7-4-11(16)9-17-13/h2-9H,1H3,(H2,18,19,20). The normalized spacial score (nSPS) is 10.5. The minimum Gasteiger partial charge on any atom is -0.339 e. The van der Waals surface area contributed by atoms with Crippen molar-refractivity contribution in [3.8, 4) is 11.4 Å². The molecule has 0 aliphatic heterocycles. The Labute approximate surface area is 115 Å². The lowest BCUT2D eigenvalue weighted by atomic mass is 10.2. The van der Waals surface area contributed by atoms with Crippen LogP contribution < -0.4 is 5.32 Å². The van der Waals surface area contributed by atoms with Crippen molar-refractivity contribution in [2.45, 2.75) is 6.92 Å². The van der Waals surface area contributed by atoms with Crippen LogP contribution in [0.1, 0.15) is 5.56 Å². The van der Waals surface area contributed by atoms with E-state index < -0.39 is 0 Å². The minimum atomic E-state index is -0.355. The van der Waals surface area contributed by atoms with Gasteiger partial charge in [-0.15, -0.1) is 0 Å². The first-order valence-corrected chi connectivity index (χ1v) is 6.22. The summed E-state index contributed by atoms with van der Waals surface area (Å²) >= 11 is 0. The van der Waals surface area contributed by atoms with E-state index in [-0.39, 0.29) is 5.82 Å². The van der Waals surface area contributed by atoms with E-state index in [1.54, 1.807) is 6.07 Å². The van der Waals surface area contributed by atoms with Crippen molar-refractivity contribution in [2.75, 3.05) is 5.32 Å². The van der Waals surface area contributed by atoms with Crippen molar-refractivity contribution in [2.24, 2.45) is 0 Å². The first-order valence-electron chi connectivity index (χ1n) is 6.22. The van der Waals surface area contributed by atoms with Gasteiger partial charge in [0, 0.05) is 11.8 Å². The molecule has 0 aliphatic carbocycles. The molecule has 3 rings (SSSR count). The molecular formula is C15H13FN4. The van der Waals surface area contributed by atoms with Gasteiger partial charge in [0.25, 0.3) is 0 Å². The monoisotopic (exact) mass is 268 g/mol. The van der Waals surface area contributed by atoms with E-state index in [1.165, 1.54) is 17.8 Å². The molecule has 2 heterocycles. The first kappa shape index (κ1) is 12.3. The fraction of sp³-hybridized carbons (Fsp3) is 0.0667. The van der Waals surface area contributed by atoms with E-state index >= 15 is 0 Å². The Morgan fingerprint density at radius 3 is 2.60 bits per heavy atom. The summed E-state index contributed by atoms with van der Waals surface area (Å²) in [7, 11) is 0. The Balaban J connectivity index is 1.80. The van der Waals surface area contributed by atoms with Gasteiger partial charge in [-0.25, -0.2) is 4.39 Å². The Hall–Kier alpha value is -2.69. The van der Waals surface area contributed by atoms with Crippen LogP contribution in [0.5, 0.6) is 0 Å². The Bertz CT molecular complexity index is 701. The number of benzene rings is 1. The molecule has 1 aromatic carbocycles. The van der Waals surface area contributed by atoms with Gasteiger partial charge in [0.2, 0.25) is 0 Å². The van der Waals surface area contributed by atoms with Gasteiger partial charge in [-0.3, -0.25) is 10.1 Å². The van der Waals surface area contributed by atoms with Crippen molar-refractivity contribution in [3.63, 3.8) is 0 Å². The molecule has 0 spiro atoms. The van der Waals surface area contributed by atoms with Gasteiger partial charge in [-0.05, 0) is 31.2 Å². The second-order valence-electron chi connectivity index (χ2n) is 4.52. The molecule has 20 heavy (non-hydrogen) atoms. The van der Waals surface area contributed by atoms with E-state index in [2.05, 4.69) is 20.5 Å². The average molecular weight is 268 g/mol. The van der Waals surface area contributed by atoms with Gasteiger partial charge >= 0.3 is 0 Å². The van der Waals surface area contributed by atoms with E-state index in [1.807, 2.05) is 37.3 Å². The van der Waals surface area contributed by atoms with Gasteiger partial charge in [0.1, 0.15) is 5.82 Å². The molecule has 0 fully saturated rings. The fourth-order valence-electron chi connectivity index (χ4n) is 1.84. The number of hydrogen-bond donors (Lipinski definition) is 2. The summed E-state index contributed by atoms with van der Waals surface area (Å²) in [6, 6.07) is 12.8.